The first kappa shape index (κ1) is 26.6. The molecule has 1 heteroatoms. The Bertz CT molecular complexity index is 845. The van der Waals surface area contributed by atoms with Gasteiger partial charge in [0.2, 0.25) is 0 Å². The van der Waals surface area contributed by atoms with Gasteiger partial charge < -0.3 is 0 Å². The summed E-state index contributed by atoms with van der Waals surface area (Å²) in [6.45, 7) is 16.2. The number of benzene rings is 1. The molecule has 2 unspecified atom stereocenters. The van der Waals surface area contributed by atoms with Crippen LogP contribution in [0.15, 0.2) is 35.9 Å². The van der Waals surface area contributed by atoms with Gasteiger partial charge in [0.25, 0.3) is 0 Å². The van der Waals surface area contributed by atoms with Crippen molar-refractivity contribution in [2.45, 2.75) is 113 Å². The van der Waals surface area contributed by atoms with Gasteiger partial charge in [0.1, 0.15) is 0 Å². The van der Waals surface area contributed by atoms with Crippen molar-refractivity contribution in [3.63, 3.8) is 0 Å². The van der Waals surface area contributed by atoms with Crippen molar-refractivity contribution in [3.05, 3.63) is 52.7 Å². The highest BCUT2D eigenvalue weighted by Gasteiger charge is 2.07. The highest BCUT2D eigenvalue weighted by atomic mass is 14.7. The van der Waals surface area contributed by atoms with Gasteiger partial charge in [0.15, 0.2) is 0 Å². The Hall–Kier alpha value is -1.63. The van der Waals surface area contributed by atoms with E-state index in [1.807, 2.05) is 0 Å². The molecule has 0 aliphatic heterocycles. The third-order valence-corrected chi connectivity index (χ3v) is 7.20. The summed E-state index contributed by atoms with van der Waals surface area (Å²) in [6.07, 6.45) is 15.8. The zero-order valence-electron chi connectivity index (χ0n) is 22.1. The fourth-order valence-corrected chi connectivity index (χ4v) is 4.73. The second-order valence-electron chi connectivity index (χ2n) is 11.0. The molecule has 2 aromatic rings. The van der Waals surface area contributed by atoms with Gasteiger partial charge in [-0.25, -0.2) is 0 Å². The van der Waals surface area contributed by atoms with E-state index in [-0.39, 0.29) is 0 Å². The van der Waals surface area contributed by atoms with Crippen molar-refractivity contribution in [2.24, 2.45) is 17.8 Å². The van der Waals surface area contributed by atoms with Crippen LogP contribution >= 0.6 is 0 Å². The largest absolute Gasteiger partial charge is 0.253 e. The van der Waals surface area contributed by atoms with E-state index < -0.39 is 0 Å². The Labute approximate surface area is 199 Å². The van der Waals surface area contributed by atoms with E-state index in [4.69, 9.17) is 4.98 Å². The van der Waals surface area contributed by atoms with Crippen LogP contribution in [-0.4, -0.2) is 4.98 Å². The molecule has 1 heterocycles. The van der Waals surface area contributed by atoms with E-state index >= 15 is 0 Å². The molecule has 1 aromatic carbocycles. The van der Waals surface area contributed by atoms with Crippen LogP contribution in [0.25, 0.3) is 10.9 Å². The van der Waals surface area contributed by atoms with Gasteiger partial charge in [-0.15, -0.1) is 0 Å². The molecule has 0 spiro atoms. The second-order valence-corrected chi connectivity index (χ2v) is 11.0. The molecule has 0 bridgehead atoms. The molecule has 2 atom stereocenters. The zero-order valence-corrected chi connectivity index (χ0v) is 22.1. The Morgan fingerprint density at radius 1 is 0.875 bits per heavy atom. The van der Waals surface area contributed by atoms with Crippen LogP contribution in [0.3, 0.4) is 0 Å². The van der Waals surface area contributed by atoms with E-state index in [1.165, 1.54) is 79.9 Å². The maximum Gasteiger partial charge on any atom is 0.0708 e. The van der Waals surface area contributed by atoms with Crippen molar-refractivity contribution in [3.8, 4) is 0 Å². The molecule has 178 valence electrons. The van der Waals surface area contributed by atoms with Gasteiger partial charge in [-0.05, 0) is 81.0 Å². The molecule has 0 saturated carbocycles. The van der Waals surface area contributed by atoms with Crippen molar-refractivity contribution >= 4 is 10.9 Å². The number of aromatic nitrogens is 1. The Morgan fingerprint density at radius 2 is 1.50 bits per heavy atom. The minimum absolute atomic E-state index is 0.859. The van der Waals surface area contributed by atoms with Crippen molar-refractivity contribution < 1.29 is 0 Å². The van der Waals surface area contributed by atoms with Crippen LogP contribution in [0.5, 0.6) is 0 Å². The minimum Gasteiger partial charge on any atom is -0.253 e. The summed E-state index contributed by atoms with van der Waals surface area (Å²) in [5.41, 5.74) is 6.47. The van der Waals surface area contributed by atoms with Crippen LogP contribution in [-0.2, 0) is 6.42 Å². The van der Waals surface area contributed by atoms with E-state index in [9.17, 15) is 0 Å². The van der Waals surface area contributed by atoms with Gasteiger partial charge in [0, 0.05) is 11.1 Å². The van der Waals surface area contributed by atoms with Crippen LogP contribution < -0.4 is 0 Å². The number of aryl methyl sites for hydroxylation is 2. The van der Waals surface area contributed by atoms with E-state index in [2.05, 4.69) is 78.8 Å². The first-order valence-electron chi connectivity index (χ1n) is 13.3. The lowest BCUT2D eigenvalue weighted by Gasteiger charge is -2.15. The SMILES string of the molecule is CC(=CCc1cccc2nc(C)c(C)cc12)CCCC(C)CCCC(C)CCCC(C)C. The molecule has 0 N–H and O–H groups in total. The molecule has 1 nitrogen and oxygen atoms in total. The number of pyridine rings is 1. The molecular weight excluding hydrogens is 386 g/mol. The number of allylic oxidation sites excluding steroid dienone is 2. The number of hydrogen-bond donors (Lipinski definition) is 0. The lowest BCUT2D eigenvalue weighted by molar-refractivity contribution is 0.389. The molecule has 0 aliphatic rings. The molecule has 1 aromatic heterocycles. The fourth-order valence-electron chi connectivity index (χ4n) is 4.73. The highest BCUT2D eigenvalue weighted by molar-refractivity contribution is 5.83. The fraction of sp³-hybridized carbons (Fsp3) is 0.645. The molecule has 0 aliphatic carbocycles. The summed E-state index contributed by atoms with van der Waals surface area (Å²) in [4.78, 5) is 4.77. The maximum absolute atomic E-state index is 4.77. The predicted octanol–water partition coefficient (Wildman–Crippen LogP) is 9.78. The molecule has 0 saturated heterocycles. The molecule has 0 fully saturated rings. The molecule has 32 heavy (non-hydrogen) atoms. The Balaban J connectivity index is 1.69. The van der Waals surface area contributed by atoms with Gasteiger partial charge >= 0.3 is 0 Å². The van der Waals surface area contributed by atoms with Crippen LogP contribution in [0.2, 0.25) is 0 Å². The number of rotatable bonds is 14. The van der Waals surface area contributed by atoms with E-state index in [0.717, 1.165) is 35.4 Å². The number of fused-ring (bicyclic) bond motifs is 1. The Kier molecular flexibility index (Phi) is 11.5. The van der Waals surface area contributed by atoms with Gasteiger partial charge in [0.05, 0.1) is 5.52 Å². The summed E-state index contributed by atoms with van der Waals surface area (Å²) in [7, 11) is 0. The zero-order chi connectivity index (χ0) is 23.5. The smallest absolute Gasteiger partial charge is 0.0708 e. The van der Waals surface area contributed by atoms with Gasteiger partial charge in [-0.3, -0.25) is 4.98 Å². The first-order valence-corrected chi connectivity index (χ1v) is 13.3. The van der Waals surface area contributed by atoms with Crippen LogP contribution in [0, 0.1) is 31.6 Å². The highest BCUT2D eigenvalue weighted by Crippen LogP contribution is 2.24. The average molecular weight is 436 g/mol. The summed E-state index contributed by atoms with van der Waals surface area (Å²) in [6, 6.07) is 8.85. The number of hydrogen-bond acceptors (Lipinski definition) is 1. The Morgan fingerprint density at radius 3 is 2.16 bits per heavy atom. The minimum atomic E-state index is 0.859. The van der Waals surface area contributed by atoms with Crippen LogP contribution in [0.4, 0.5) is 0 Å². The topological polar surface area (TPSA) is 12.9 Å². The van der Waals surface area contributed by atoms with Crippen molar-refractivity contribution in [2.75, 3.05) is 0 Å². The average Bonchev–Trinajstić information content (AvgIpc) is 2.73. The van der Waals surface area contributed by atoms with E-state index in [0.29, 0.717) is 0 Å². The van der Waals surface area contributed by atoms with E-state index in [1.54, 1.807) is 0 Å². The summed E-state index contributed by atoms with van der Waals surface area (Å²) >= 11 is 0. The molecular formula is C31H49N. The lowest BCUT2D eigenvalue weighted by atomic mass is 9.91. The molecule has 0 radical (unpaired) electrons. The van der Waals surface area contributed by atoms with Crippen molar-refractivity contribution in [1.29, 1.82) is 0 Å². The summed E-state index contributed by atoms with van der Waals surface area (Å²) in [5, 5.41) is 1.31. The summed E-state index contributed by atoms with van der Waals surface area (Å²) in [5.74, 6) is 2.63. The monoisotopic (exact) mass is 435 g/mol. The second kappa shape index (κ2) is 13.8. The third-order valence-electron chi connectivity index (χ3n) is 7.20. The third kappa shape index (κ3) is 9.47. The first-order chi connectivity index (χ1) is 15.3. The predicted molar refractivity (Wildman–Crippen MR) is 143 cm³/mol. The van der Waals surface area contributed by atoms with Crippen LogP contribution in [0.1, 0.15) is 109 Å². The molecule has 2 rings (SSSR count). The summed E-state index contributed by atoms with van der Waals surface area (Å²) < 4.78 is 0. The lowest BCUT2D eigenvalue weighted by Crippen LogP contribution is -2.00. The van der Waals surface area contributed by atoms with Gasteiger partial charge in [-0.1, -0.05) is 96.4 Å². The van der Waals surface area contributed by atoms with Gasteiger partial charge in [-0.2, -0.15) is 0 Å². The maximum atomic E-state index is 4.77. The molecule has 0 amide bonds. The normalized spacial score (nSPS) is 14.3. The van der Waals surface area contributed by atoms with Crippen molar-refractivity contribution in [1.82, 2.24) is 4.98 Å². The standard InChI is InChI=1S/C31H49N/c1-23(2)12-8-13-24(3)14-9-15-25(4)16-10-17-26(5)20-21-29-18-11-19-31-30(29)22-27(6)28(7)32-31/h11,18-20,22-25H,8-10,12-17,21H2,1-7H3. The quantitative estimate of drug-likeness (QED) is 0.269. The number of nitrogens with zero attached hydrogens (tertiary/aromatic N) is 1.